The second-order valence-electron chi connectivity index (χ2n) is 32.2. The lowest BCUT2D eigenvalue weighted by molar-refractivity contribution is -0.147. The molecule has 0 bridgehead atoms. The molecule has 0 aliphatic carbocycles. The van der Waals surface area contributed by atoms with Crippen LogP contribution in [0, 0.1) is 45.8 Å². The SMILES string of the molecule is CC(C)(C)C1CCCC(=O)N1.CC(C)(C)C1CNC(=O)C1.CC(C)(C)N1CCC1=O.CC(C)(C)N1CCCC1C(N)=O.CC(C)C.CC(C)C.CC(C)C1CCN(CC(N)=O)CC1.CC1NCCOC1C(C)(C)C.NC1CCCOC1.O=C1CCCCO1. The first-order valence-electron chi connectivity index (χ1n) is 34.1. The van der Waals surface area contributed by atoms with E-state index in [4.69, 9.17) is 26.7 Å². The van der Waals surface area contributed by atoms with Crippen molar-refractivity contribution in [2.24, 2.45) is 63.0 Å². The number of nitrogens with one attached hydrogen (secondary N) is 3. The third-order valence-corrected chi connectivity index (χ3v) is 15.9. The Bertz CT molecular complexity index is 1900. The third kappa shape index (κ3) is 42.6. The lowest BCUT2D eigenvalue weighted by Crippen LogP contribution is -2.54. The lowest BCUT2D eigenvalue weighted by Gasteiger charge is -2.42. The summed E-state index contributed by atoms with van der Waals surface area (Å²) in [6.07, 6.45) is 14.1. The molecule has 9 N–H and O–H groups in total. The highest BCUT2D eigenvalue weighted by Crippen LogP contribution is 2.31. The molecule has 8 fully saturated rings. The molecular formula is C70H141N9O9. The predicted molar refractivity (Wildman–Crippen MR) is 364 cm³/mol. The molecule has 8 aliphatic rings. The molecule has 0 radical (unpaired) electrons. The van der Waals surface area contributed by atoms with E-state index < -0.39 is 0 Å². The number of esters is 1. The standard InChI is InChI=1S/C10H20N2O.C9H18N2O.C9H19NO.C9H17NO.C8H15NO.C7H13NO.C5H11NO.C5H8O2.2C4H10/c1-8(2)9-3-5-12(6-4-9)7-10(11)13;1-9(2,3)11-6-4-5-7(11)8(10)12;1-7-8(9(2,3)4)11-6-5-10-7;1-9(2,3)7-5-4-6-8(11)10-7;1-8(2,3)6-4-7(10)9-5-6;1-7(2,3)8-5-4-6(8)9;6-5-2-1-3-7-4-5;6-5-3-1-2-4-7-5;2*1-4(2)3/h8-9H,3-7H2,1-2H3,(H2,11,13);7H,4-6H2,1-3H3,(H2,10,12);7-8,10H,5-6H2,1-4H3;7H,4-6H2,1-3H3,(H,10,11);6H,4-5H2,1-3H3,(H,9,10);4-5H2,1-3H3;5H,1-4,6H2;1-4H2;2*4H,1-3H3. The molecule has 5 amide bonds. The van der Waals surface area contributed by atoms with Gasteiger partial charge < -0.3 is 52.3 Å². The number of carbonyl (C=O) groups is 6. The summed E-state index contributed by atoms with van der Waals surface area (Å²) in [5.41, 5.74) is 16.8. The fourth-order valence-electron chi connectivity index (χ4n) is 10.7. The minimum absolute atomic E-state index is 0.0359. The second-order valence-corrected chi connectivity index (χ2v) is 32.2. The van der Waals surface area contributed by atoms with Crippen LogP contribution in [0.3, 0.4) is 0 Å². The fraction of sp³-hybridized carbons (Fsp3) is 0.914. The Kier molecular flexibility index (Phi) is 42.7. The van der Waals surface area contributed by atoms with E-state index in [1.807, 2.05) is 4.90 Å². The largest absolute Gasteiger partial charge is 0.466 e. The number of β-lactam (4-membered cyclic amide) rings is 1. The van der Waals surface area contributed by atoms with Gasteiger partial charge >= 0.3 is 5.97 Å². The highest BCUT2D eigenvalue weighted by atomic mass is 16.5. The number of nitrogens with two attached hydrogens (primary N) is 3. The number of carbonyl (C=O) groups excluding carboxylic acids is 6. The van der Waals surface area contributed by atoms with Gasteiger partial charge in [0.2, 0.25) is 29.5 Å². The van der Waals surface area contributed by atoms with Gasteiger partial charge in [0.1, 0.15) is 0 Å². The van der Waals surface area contributed by atoms with Gasteiger partial charge in [-0.2, -0.15) is 0 Å². The Labute approximate surface area is 539 Å². The molecule has 0 aromatic rings. The van der Waals surface area contributed by atoms with Crippen molar-refractivity contribution in [3.05, 3.63) is 0 Å². The van der Waals surface area contributed by atoms with Crippen molar-refractivity contribution in [2.75, 3.05) is 72.2 Å². The van der Waals surface area contributed by atoms with Gasteiger partial charge in [-0.05, 0) is 178 Å². The number of hydrogen-bond acceptors (Lipinski definition) is 13. The number of likely N-dealkylation sites (tertiary alicyclic amines) is 3. The predicted octanol–water partition coefficient (Wildman–Crippen LogP) is 11.0. The van der Waals surface area contributed by atoms with Gasteiger partial charge in [0.25, 0.3) is 0 Å². The number of primary amides is 2. The summed E-state index contributed by atoms with van der Waals surface area (Å²) in [6.45, 7) is 61.5. The minimum Gasteiger partial charge on any atom is -0.466 e. The summed E-state index contributed by atoms with van der Waals surface area (Å²) in [6, 6.07) is 1.14. The highest BCUT2D eigenvalue weighted by Gasteiger charge is 2.37. The molecule has 520 valence electrons. The monoisotopic (exact) mass is 1250 g/mol. The quantitative estimate of drug-likeness (QED) is 0.113. The van der Waals surface area contributed by atoms with Crippen molar-refractivity contribution in [3.63, 3.8) is 0 Å². The number of cyclic esters (lactones) is 1. The van der Waals surface area contributed by atoms with Gasteiger partial charge in [-0.15, -0.1) is 0 Å². The smallest absolute Gasteiger partial charge is 0.305 e. The van der Waals surface area contributed by atoms with Gasteiger partial charge in [-0.1, -0.05) is 118 Å². The van der Waals surface area contributed by atoms with E-state index in [0.29, 0.717) is 68.5 Å². The van der Waals surface area contributed by atoms with Crippen LogP contribution in [0.25, 0.3) is 0 Å². The minimum atomic E-state index is -0.206. The summed E-state index contributed by atoms with van der Waals surface area (Å²) < 4.78 is 15.4. The van der Waals surface area contributed by atoms with E-state index in [2.05, 4.69) is 197 Å². The Morgan fingerprint density at radius 2 is 1.20 bits per heavy atom. The number of morpholine rings is 1. The van der Waals surface area contributed by atoms with Gasteiger partial charge in [-0.25, -0.2) is 0 Å². The first-order chi connectivity index (χ1) is 40.3. The zero-order chi connectivity index (χ0) is 68.4. The van der Waals surface area contributed by atoms with Crippen molar-refractivity contribution in [1.82, 2.24) is 30.7 Å². The van der Waals surface area contributed by atoms with Crippen LogP contribution in [-0.2, 0) is 43.0 Å². The van der Waals surface area contributed by atoms with Gasteiger partial charge in [-0.3, -0.25) is 38.6 Å². The molecule has 6 atom stereocenters. The Balaban J connectivity index is 0. The maximum atomic E-state index is 11.0. The van der Waals surface area contributed by atoms with Crippen molar-refractivity contribution in [3.8, 4) is 0 Å². The number of hydrogen-bond donors (Lipinski definition) is 6. The number of amides is 5. The Morgan fingerprint density at radius 3 is 1.47 bits per heavy atom. The zero-order valence-corrected chi connectivity index (χ0v) is 61.2. The summed E-state index contributed by atoms with van der Waals surface area (Å²) in [5.74, 6) is 4.11. The maximum Gasteiger partial charge on any atom is 0.305 e. The van der Waals surface area contributed by atoms with Crippen molar-refractivity contribution < 1.29 is 43.0 Å². The molecule has 0 aromatic carbocycles. The number of rotatable bonds is 4. The van der Waals surface area contributed by atoms with E-state index in [-0.39, 0.29) is 63.0 Å². The number of ether oxygens (including phenoxy) is 3. The van der Waals surface area contributed by atoms with Crippen LogP contribution in [0.4, 0.5) is 0 Å². The molecule has 0 spiro atoms. The van der Waals surface area contributed by atoms with Crippen molar-refractivity contribution >= 4 is 35.5 Å². The van der Waals surface area contributed by atoms with Crippen LogP contribution < -0.4 is 33.2 Å². The van der Waals surface area contributed by atoms with Crippen LogP contribution in [-0.4, -0.2) is 164 Å². The van der Waals surface area contributed by atoms with E-state index in [0.717, 1.165) is 141 Å². The molecule has 18 heteroatoms. The summed E-state index contributed by atoms with van der Waals surface area (Å²) in [7, 11) is 0. The number of nitrogens with zero attached hydrogens (tertiary/aromatic N) is 3. The molecule has 8 aliphatic heterocycles. The molecule has 6 unspecified atom stereocenters. The fourth-order valence-corrected chi connectivity index (χ4v) is 10.7. The van der Waals surface area contributed by atoms with E-state index >= 15 is 0 Å². The molecule has 8 heterocycles. The average molecular weight is 1250 g/mol. The summed E-state index contributed by atoms with van der Waals surface area (Å²) >= 11 is 0. The van der Waals surface area contributed by atoms with E-state index in [9.17, 15) is 28.8 Å². The molecule has 8 saturated heterocycles. The third-order valence-electron chi connectivity index (χ3n) is 15.9. The molecule has 88 heavy (non-hydrogen) atoms. The molecule has 18 nitrogen and oxygen atoms in total. The summed E-state index contributed by atoms with van der Waals surface area (Å²) in [4.78, 5) is 70.8. The van der Waals surface area contributed by atoms with Crippen molar-refractivity contribution in [1.29, 1.82) is 0 Å². The van der Waals surface area contributed by atoms with Gasteiger partial charge in [0, 0.05) is 81.1 Å². The Morgan fingerprint density at radius 1 is 0.625 bits per heavy atom. The maximum absolute atomic E-state index is 11.0. The molecule has 0 aromatic heterocycles. The van der Waals surface area contributed by atoms with E-state index in [1.165, 1.54) is 12.8 Å². The molecule has 8 rings (SSSR count). The second kappa shape index (κ2) is 43.4. The lowest BCUT2D eigenvalue weighted by atomic mass is 9.80. The zero-order valence-electron chi connectivity index (χ0n) is 61.2. The normalized spacial score (nSPS) is 24.4. The van der Waals surface area contributed by atoms with Gasteiger partial charge in [0.15, 0.2) is 0 Å². The summed E-state index contributed by atoms with van der Waals surface area (Å²) in [5, 5.41) is 9.27. The number of piperidine rings is 2. The molecule has 0 saturated carbocycles. The van der Waals surface area contributed by atoms with Crippen LogP contribution >= 0.6 is 0 Å². The highest BCUT2D eigenvalue weighted by molar-refractivity contribution is 5.82. The van der Waals surface area contributed by atoms with Crippen LogP contribution in [0.15, 0.2) is 0 Å². The van der Waals surface area contributed by atoms with Crippen LogP contribution in [0.5, 0.6) is 0 Å². The topological polar surface area (TPSA) is 254 Å². The van der Waals surface area contributed by atoms with Crippen LogP contribution in [0.1, 0.15) is 256 Å². The average Bonchev–Trinajstić information content (AvgIpc) is 4.14. The first-order valence-corrected chi connectivity index (χ1v) is 34.1. The van der Waals surface area contributed by atoms with Crippen LogP contribution in [0.2, 0.25) is 0 Å². The first kappa shape index (κ1) is 86.6. The van der Waals surface area contributed by atoms with Crippen molar-refractivity contribution in [2.45, 2.75) is 297 Å². The van der Waals surface area contributed by atoms with E-state index in [1.54, 1.807) is 0 Å². The molecular weight excluding hydrogens is 1110 g/mol. The van der Waals surface area contributed by atoms with Gasteiger partial charge in [0.05, 0.1) is 38.5 Å². The Hall–Kier alpha value is -3.42.